The molecule has 1 saturated heterocycles. The second kappa shape index (κ2) is 7.36. The quantitative estimate of drug-likeness (QED) is 0.754. The highest BCUT2D eigenvalue weighted by Gasteiger charge is 2.23. The Kier molecular flexibility index (Phi) is 5.51. The van der Waals surface area contributed by atoms with E-state index in [9.17, 15) is 0 Å². The van der Waals surface area contributed by atoms with Crippen LogP contribution in [0.4, 0.5) is 0 Å². The van der Waals surface area contributed by atoms with Gasteiger partial charge in [0.25, 0.3) is 0 Å². The van der Waals surface area contributed by atoms with Gasteiger partial charge in [-0.05, 0) is 31.9 Å². The number of para-hydroxylation sites is 1. The molecule has 1 aromatic carbocycles. The maximum Gasteiger partial charge on any atom is 0.203 e. The van der Waals surface area contributed by atoms with Crippen molar-refractivity contribution in [2.45, 2.75) is 25.9 Å². The van der Waals surface area contributed by atoms with Crippen molar-refractivity contribution in [1.29, 1.82) is 0 Å². The van der Waals surface area contributed by atoms with E-state index in [4.69, 9.17) is 14.2 Å². The number of nitrogens with zero attached hydrogens (tertiary/aromatic N) is 1. The van der Waals surface area contributed by atoms with Gasteiger partial charge in [0.2, 0.25) is 5.75 Å². The largest absolute Gasteiger partial charge is 0.493 e. The van der Waals surface area contributed by atoms with Gasteiger partial charge < -0.3 is 14.2 Å². The minimum absolute atomic E-state index is 0.205. The summed E-state index contributed by atoms with van der Waals surface area (Å²) in [7, 11) is 3.30. The molecule has 0 aliphatic carbocycles. The molecule has 1 fully saturated rings. The van der Waals surface area contributed by atoms with Gasteiger partial charge in [-0.15, -0.1) is 0 Å². The Hall–Kier alpha value is -1.68. The Morgan fingerprint density at radius 2 is 1.76 bits per heavy atom. The molecule has 0 spiro atoms. The third kappa shape index (κ3) is 4.14. The predicted octanol–water partition coefficient (Wildman–Crippen LogP) is 3.12. The van der Waals surface area contributed by atoms with E-state index in [1.54, 1.807) is 14.2 Å². The molecule has 1 aromatic rings. The minimum Gasteiger partial charge on any atom is -0.493 e. The van der Waals surface area contributed by atoms with Crippen molar-refractivity contribution < 1.29 is 14.2 Å². The lowest BCUT2D eigenvalue weighted by Gasteiger charge is -2.32. The van der Waals surface area contributed by atoms with Crippen molar-refractivity contribution in [2.75, 3.05) is 33.9 Å². The van der Waals surface area contributed by atoms with E-state index in [2.05, 4.69) is 18.4 Å². The number of piperidine rings is 1. The summed E-state index contributed by atoms with van der Waals surface area (Å²) in [6.07, 6.45) is 2.22. The van der Waals surface area contributed by atoms with Crippen LogP contribution < -0.4 is 14.2 Å². The van der Waals surface area contributed by atoms with Gasteiger partial charge in [0, 0.05) is 19.6 Å². The molecule has 1 heterocycles. The summed E-state index contributed by atoms with van der Waals surface area (Å²) in [5.41, 5.74) is 1.21. The monoisotopic (exact) mass is 291 g/mol. The summed E-state index contributed by atoms with van der Waals surface area (Å²) in [5.74, 6) is 2.15. The van der Waals surface area contributed by atoms with Gasteiger partial charge in [0.15, 0.2) is 11.5 Å². The van der Waals surface area contributed by atoms with Gasteiger partial charge in [0.05, 0.1) is 14.2 Å². The fourth-order valence-corrected chi connectivity index (χ4v) is 2.67. The summed E-state index contributed by atoms with van der Waals surface area (Å²) in [4.78, 5) is 2.42. The number of methoxy groups -OCH3 is 2. The van der Waals surface area contributed by atoms with Crippen LogP contribution in [-0.2, 0) is 0 Å². The van der Waals surface area contributed by atoms with Crippen LogP contribution in [0.5, 0.6) is 17.2 Å². The van der Waals surface area contributed by atoms with Crippen LogP contribution in [-0.4, -0.2) is 44.9 Å². The molecule has 0 bridgehead atoms. The highest BCUT2D eigenvalue weighted by Crippen LogP contribution is 2.38. The molecule has 0 unspecified atom stereocenters. The van der Waals surface area contributed by atoms with E-state index in [1.165, 1.54) is 5.57 Å². The summed E-state index contributed by atoms with van der Waals surface area (Å²) in [6, 6.07) is 5.70. The molecule has 2 rings (SSSR count). The molecule has 0 amide bonds. The van der Waals surface area contributed by atoms with Gasteiger partial charge >= 0.3 is 0 Å². The van der Waals surface area contributed by atoms with Crippen LogP contribution in [0.25, 0.3) is 0 Å². The first-order chi connectivity index (χ1) is 10.1. The molecule has 0 saturated carbocycles. The second-order valence-corrected chi connectivity index (χ2v) is 5.54. The zero-order valence-corrected chi connectivity index (χ0v) is 13.2. The second-order valence-electron chi connectivity index (χ2n) is 5.54. The molecule has 0 aromatic heterocycles. The van der Waals surface area contributed by atoms with Crippen LogP contribution in [0.15, 0.2) is 30.4 Å². The van der Waals surface area contributed by atoms with Gasteiger partial charge in [-0.1, -0.05) is 18.2 Å². The molecule has 1 aliphatic rings. The predicted molar refractivity (Wildman–Crippen MR) is 84.5 cm³/mol. The van der Waals surface area contributed by atoms with Crippen molar-refractivity contribution in [1.82, 2.24) is 4.90 Å². The SMILES string of the molecule is C=C(C)CN1CCC(Oc2c(OC)cccc2OC)CC1. The third-order valence-corrected chi connectivity index (χ3v) is 3.70. The Morgan fingerprint density at radius 3 is 2.24 bits per heavy atom. The van der Waals surface area contributed by atoms with Crippen LogP contribution in [0.1, 0.15) is 19.8 Å². The van der Waals surface area contributed by atoms with Gasteiger partial charge in [0.1, 0.15) is 6.10 Å². The summed E-state index contributed by atoms with van der Waals surface area (Å²) in [5, 5.41) is 0. The van der Waals surface area contributed by atoms with Crippen molar-refractivity contribution >= 4 is 0 Å². The maximum absolute atomic E-state index is 6.15. The molecule has 4 heteroatoms. The number of ether oxygens (including phenoxy) is 3. The first-order valence-corrected chi connectivity index (χ1v) is 7.38. The Labute approximate surface area is 127 Å². The fraction of sp³-hybridized carbons (Fsp3) is 0.529. The molecule has 21 heavy (non-hydrogen) atoms. The highest BCUT2D eigenvalue weighted by molar-refractivity contribution is 5.51. The first kappa shape index (κ1) is 15.7. The van der Waals surface area contributed by atoms with Gasteiger partial charge in [-0.2, -0.15) is 0 Å². The smallest absolute Gasteiger partial charge is 0.203 e. The number of rotatable bonds is 6. The Bertz CT molecular complexity index is 457. The molecule has 0 radical (unpaired) electrons. The zero-order chi connectivity index (χ0) is 15.2. The summed E-state index contributed by atoms with van der Waals surface area (Å²) < 4.78 is 16.9. The highest BCUT2D eigenvalue weighted by atomic mass is 16.5. The van der Waals surface area contributed by atoms with Crippen LogP contribution in [0.2, 0.25) is 0 Å². The topological polar surface area (TPSA) is 30.9 Å². The summed E-state index contributed by atoms with van der Waals surface area (Å²) >= 11 is 0. The molecule has 4 nitrogen and oxygen atoms in total. The standard InChI is InChI=1S/C17H25NO3/c1-13(2)12-18-10-8-14(9-11-18)21-17-15(19-3)6-5-7-16(17)20-4/h5-7,14H,1,8-12H2,2-4H3. The molecule has 0 atom stereocenters. The van der Waals surface area contributed by atoms with Crippen LogP contribution in [0.3, 0.4) is 0 Å². The Balaban J connectivity index is 1.99. The molecular weight excluding hydrogens is 266 g/mol. The van der Waals surface area contributed by atoms with E-state index >= 15 is 0 Å². The number of hydrogen-bond donors (Lipinski definition) is 0. The van der Waals surface area contributed by atoms with Crippen molar-refractivity contribution in [3.05, 3.63) is 30.4 Å². The molecule has 0 N–H and O–H groups in total. The van der Waals surface area contributed by atoms with Crippen molar-refractivity contribution in [2.24, 2.45) is 0 Å². The molecular formula is C17H25NO3. The lowest BCUT2D eigenvalue weighted by molar-refractivity contribution is 0.0999. The van der Waals surface area contributed by atoms with E-state index in [0.29, 0.717) is 5.75 Å². The average Bonchev–Trinajstić information content (AvgIpc) is 2.49. The lowest BCUT2D eigenvalue weighted by atomic mass is 10.1. The van der Waals surface area contributed by atoms with E-state index in [1.807, 2.05) is 18.2 Å². The lowest BCUT2D eigenvalue weighted by Crippen LogP contribution is -2.39. The van der Waals surface area contributed by atoms with Gasteiger partial charge in [-0.25, -0.2) is 0 Å². The van der Waals surface area contributed by atoms with Crippen molar-refractivity contribution in [3.63, 3.8) is 0 Å². The van der Waals surface area contributed by atoms with Crippen LogP contribution >= 0.6 is 0 Å². The number of likely N-dealkylation sites (tertiary alicyclic amines) is 1. The zero-order valence-electron chi connectivity index (χ0n) is 13.2. The Morgan fingerprint density at radius 1 is 1.19 bits per heavy atom. The number of benzene rings is 1. The fourth-order valence-electron chi connectivity index (χ4n) is 2.67. The maximum atomic E-state index is 6.15. The third-order valence-electron chi connectivity index (χ3n) is 3.70. The normalized spacial score (nSPS) is 16.5. The summed E-state index contributed by atoms with van der Waals surface area (Å²) in [6.45, 7) is 9.10. The van der Waals surface area contributed by atoms with E-state index < -0.39 is 0 Å². The van der Waals surface area contributed by atoms with E-state index in [0.717, 1.165) is 44.0 Å². The minimum atomic E-state index is 0.205. The molecule has 116 valence electrons. The van der Waals surface area contributed by atoms with Gasteiger partial charge in [-0.3, -0.25) is 4.90 Å². The first-order valence-electron chi connectivity index (χ1n) is 7.38. The van der Waals surface area contributed by atoms with E-state index in [-0.39, 0.29) is 6.10 Å². The average molecular weight is 291 g/mol. The number of hydrogen-bond acceptors (Lipinski definition) is 4. The van der Waals surface area contributed by atoms with Crippen LogP contribution in [0, 0.1) is 0 Å². The molecule has 1 aliphatic heterocycles. The van der Waals surface area contributed by atoms with Crippen molar-refractivity contribution in [3.8, 4) is 17.2 Å².